The van der Waals surface area contributed by atoms with Crippen molar-refractivity contribution in [1.29, 1.82) is 0 Å². The Morgan fingerprint density at radius 1 is 1.32 bits per heavy atom. The van der Waals surface area contributed by atoms with Gasteiger partial charge in [0.2, 0.25) is 5.88 Å². The van der Waals surface area contributed by atoms with Crippen LogP contribution in [0.5, 0.6) is 5.88 Å². The quantitative estimate of drug-likeness (QED) is 0.885. The molecule has 7 heteroatoms. The standard InChI is InChI=1S/C18H20ClN3O3/c1-2-25-18-13(5-4-8-20-18)17(23)21-15-7-3-6-14(19)16(15)22-9-11-24-12-10-22/h3-8H,2,9-12H2,1H3,(H,21,23). The number of halogens is 1. The average molecular weight is 362 g/mol. The Morgan fingerprint density at radius 3 is 2.88 bits per heavy atom. The second kappa shape index (κ2) is 8.18. The van der Waals surface area contributed by atoms with Crippen LogP contribution in [0.1, 0.15) is 17.3 Å². The van der Waals surface area contributed by atoms with Gasteiger partial charge >= 0.3 is 0 Å². The van der Waals surface area contributed by atoms with Gasteiger partial charge < -0.3 is 19.7 Å². The van der Waals surface area contributed by atoms with Crippen molar-refractivity contribution in [3.8, 4) is 5.88 Å². The molecule has 25 heavy (non-hydrogen) atoms. The highest BCUT2D eigenvalue weighted by Gasteiger charge is 2.20. The Bertz CT molecular complexity index is 748. The van der Waals surface area contributed by atoms with Gasteiger partial charge in [0.05, 0.1) is 36.2 Å². The van der Waals surface area contributed by atoms with E-state index in [1.165, 1.54) is 0 Å². The lowest BCUT2D eigenvalue weighted by atomic mass is 10.2. The van der Waals surface area contributed by atoms with Gasteiger partial charge in [-0.2, -0.15) is 0 Å². The predicted octanol–water partition coefficient (Wildman–Crippen LogP) is 3.22. The summed E-state index contributed by atoms with van der Waals surface area (Å²) < 4.78 is 10.8. The first-order chi connectivity index (χ1) is 12.2. The highest BCUT2D eigenvalue weighted by atomic mass is 35.5. The molecule has 1 fully saturated rings. The number of hydrogen-bond donors (Lipinski definition) is 1. The van der Waals surface area contributed by atoms with Crippen LogP contribution in [-0.4, -0.2) is 43.8 Å². The van der Waals surface area contributed by atoms with Gasteiger partial charge in [-0.05, 0) is 31.2 Å². The molecular formula is C18H20ClN3O3. The van der Waals surface area contributed by atoms with E-state index in [4.69, 9.17) is 21.1 Å². The molecule has 0 spiro atoms. The summed E-state index contributed by atoms with van der Waals surface area (Å²) in [6, 6.07) is 8.86. The third kappa shape index (κ3) is 4.03. The maximum atomic E-state index is 12.7. The Morgan fingerprint density at radius 2 is 2.12 bits per heavy atom. The fourth-order valence-electron chi connectivity index (χ4n) is 2.73. The monoisotopic (exact) mass is 361 g/mol. The maximum absolute atomic E-state index is 12.7. The summed E-state index contributed by atoms with van der Waals surface area (Å²) in [6.07, 6.45) is 1.60. The first-order valence-corrected chi connectivity index (χ1v) is 8.59. The highest BCUT2D eigenvalue weighted by Crippen LogP contribution is 2.35. The van der Waals surface area contributed by atoms with E-state index in [1.54, 1.807) is 18.3 Å². The summed E-state index contributed by atoms with van der Waals surface area (Å²) in [4.78, 5) is 19.0. The lowest BCUT2D eigenvalue weighted by molar-refractivity contribution is 0.102. The molecular weight excluding hydrogens is 342 g/mol. The van der Waals surface area contributed by atoms with E-state index in [1.807, 2.05) is 25.1 Å². The largest absolute Gasteiger partial charge is 0.477 e. The molecule has 0 unspecified atom stereocenters. The van der Waals surface area contributed by atoms with Gasteiger partial charge in [0.25, 0.3) is 5.91 Å². The van der Waals surface area contributed by atoms with Crippen LogP contribution in [-0.2, 0) is 4.74 Å². The minimum absolute atomic E-state index is 0.284. The second-order valence-corrected chi connectivity index (χ2v) is 5.89. The molecule has 2 aromatic rings. The SMILES string of the molecule is CCOc1ncccc1C(=O)Nc1cccc(Cl)c1N1CCOCC1. The van der Waals surface area contributed by atoms with Crippen LogP contribution in [0.4, 0.5) is 11.4 Å². The van der Waals surface area contributed by atoms with Crippen LogP contribution in [0.3, 0.4) is 0 Å². The minimum atomic E-state index is -0.284. The van der Waals surface area contributed by atoms with Crippen LogP contribution in [0, 0.1) is 0 Å². The van der Waals surface area contributed by atoms with Crippen LogP contribution in [0.25, 0.3) is 0 Å². The smallest absolute Gasteiger partial charge is 0.261 e. The van der Waals surface area contributed by atoms with Gasteiger partial charge in [-0.1, -0.05) is 17.7 Å². The fourth-order valence-corrected chi connectivity index (χ4v) is 3.02. The maximum Gasteiger partial charge on any atom is 0.261 e. The Balaban J connectivity index is 1.88. The molecule has 0 aliphatic carbocycles. The van der Waals surface area contributed by atoms with Crippen LogP contribution >= 0.6 is 11.6 Å². The number of morpholine rings is 1. The van der Waals surface area contributed by atoms with E-state index in [0.717, 1.165) is 18.8 Å². The van der Waals surface area contributed by atoms with Crippen molar-refractivity contribution in [2.45, 2.75) is 6.92 Å². The molecule has 1 amide bonds. The number of rotatable bonds is 5. The number of nitrogens with zero attached hydrogens (tertiary/aromatic N) is 2. The first kappa shape index (κ1) is 17.5. The van der Waals surface area contributed by atoms with Gasteiger partial charge in [-0.25, -0.2) is 4.98 Å². The Hall–Kier alpha value is -2.31. The van der Waals surface area contributed by atoms with Gasteiger partial charge in [-0.3, -0.25) is 4.79 Å². The lowest BCUT2D eigenvalue weighted by Crippen LogP contribution is -2.37. The Kier molecular flexibility index (Phi) is 5.73. The normalized spacial score (nSPS) is 14.2. The van der Waals surface area contributed by atoms with Crippen molar-refractivity contribution in [2.24, 2.45) is 0 Å². The number of amides is 1. The third-order valence-electron chi connectivity index (χ3n) is 3.86. The van der Waals surface area contributed by atoms with Crippen LogP contribution in [0.15, 0.2) is 36.5 Å². The number of benzene rings is 1. The molecule has 0 saturated carbocycles. The van der Waals surface area contributed by atoms with Crippen molar-refractivity contribution in [1.82, 2.24) is 4.98 Å². The first-order valence-electron chi connectivity index (χ1n) is 8.21. The highest BCUT2D eigenvalue weighted by molar-refractivity contribution is 6.34. The van der Waals surface area contributed by atoms with Gasteiger partial charge in [0.1, 0.15) is 5.56 Å². The molecule has 1 aliphatic heterocycles. The van der Waals surface area contributed by atoms with Gasteiger partial charge in [0.15, 0.2) is 0 Å². The molecule has 2 heterocycles. The fraction of sp³-hybridized carbons (Fsp3) is 0.333. The van der Waals surface area contributed by atoms with E-state index in [0.29, 0.717) is 42.0 Å². The van der Waals surface area contributed by atoms with Crippen molar-refractivity contribution in [2.75, 3.05) is 43.1 Å². The summed E-state index contributed by atoms with van der Waals surface area (Å²) in [5, 5.41) is 3.53. The zero-order chi connectivity index (χ0) is 17.6. The molecule has 6 nitrogen and oxygen atoms in total. The number of nitrogens with one attached hydrogen (secondary N) is 1. The van der Waals surface area contributed by atoms with E-state index in [9.17, 15) is 4.79 Å². The molecule has 1 saturated heterocycles. The number of ether oxygens (including phenoxy) is 2. The van der Waals surface area contributed by atoms with Gasteiger partial charge in [0, 0.05) is 19.3 Å². The minimum Gasteiger partial charge on any atom is -0.477 e. The third-order valence-corrected chi connectivity index (χ3v) is 4.16. The number of hydrogen-bond acceptors (Lipinski definition) is 5. The van der Waals surface area contributed by atoms with Crippen molar-refractivity contribution < 1.29 is 14.3 Å². The number of aromatic nitrogens is 1. The second-order valence-electron chi connectivity index (χ2n) is 5.48. The molecule has 3 rings (SSSR count). The van der Waals surface area contributed by atoms with Crippen LogP contribution in [0.2, 0.25) is 5.02 Å². The average Bonchev–Trinajstić information content (AvgIpc) is 2.63. The molecule has 1 aromatic carbocycles. The molecule has 0 bridgehead atoms. The predicted molar refractivity (Wildman–Crippen MR) is 97.8 cm³/mol. The molecule has 1 aromatic heterocycles. The molecule has 1 N–H and O–H groups in total. The summed E-state index contributed by atoms with van der Waals surface area (Å²) >= 11 is 6.40. The summed E-state index contributed by atoms with van der Waals surface area (Å²) in [6.45, 7) is 5.01. The number of carbonyl (C=O) groups excluding carboxylic acids is 1. The summed E-state index contributed by atoms with van der Waals surface area (Å²) in [5.41, 5.74) is 1.85. The van der Waals surface area contributed by atoms with E-state index in [-0.39, 0.29) is 5.91 Å². The number of carbonyl (C=O) groups is 1. The van der Waals surface area contributed by atoms with E-state index < -0.39 is 0 Å². The van der Waals surface area contributed by atoms with Crippen molar-refractivity contribution in [3.05, 3.63) is 47.1 Å². The van der Waals surface area contributed by atoms with Crippen LogP contribution < -0.4 is 15.0 Å². The number of pyridine rings is 1. The van der Waals surface area contributed by atoms with Crippen molar-refractivity contribution >= 4 is 28.9 Å². The summed E-state index contributed by atoms with van der Waals surface area (Å²) in [5.74, 6) is 0.0331. The topological polar surface area (TPSA) is 63.7 Å². The van der Waals surface area contributed by atoms with E-state index >= 15 is 0 Å². The zero-order valence-corrected chi connectivity index (χ0v) is 14.8. The molecule has 0 radical (unpaired) electrons. The molecule has 1 aliphatic rings. The molecule has 132 valence electrons. The Labute approximate surface area is 151 Å². The number of para-hydroxylation sites is 1. The number of anilines is 2. The van der Waals surface area contributed by atoms with E-state index in [2.05, 4.69) is 15.2 Å². The summed E-state index contributed by atoms with van der Waals surface area (Å²) in [7, 11) is 0. The zero-order valence-electron chi connectivity index (χ0n) is 14.0. The molecule has 0 atom stereocenters. The van der Waals surface area contributed by atoms with Gasteiger partial charge in [-0.15, -0.1) is 0 Å². The lowest BCUT2D eigenvalue weighted by Gasteiger charge is -2.31. The van der Waals surface area contributed by atoms with Crippen molar-refractivity contribution in [3.63, 3.8) is 0 Å².